The number of morpholine rings is 1. The number of amides is 3. The molecule has 33 heavy (non-hydrogen) atoms. The largest absolute Gasteiger partial charge is 0.457 e. The van der Waals surface area contributed by atoms with Crippen molar-refractivity contribution in [1.29, 1.82) is 0 Å². The summed E-state index contributed by atoms with van der Waals surface area (Å²) in [6, 6.07) is 9.71. The van der Waals surface area contributed by atoms with Gasteiger partial charge in [0, 0.05) is 0 Å². The van der Waals surface area contributed by atoms with Crippen molar-refractivity contribution in [3.05, 3.63) is 64.1 Å². The van der Waals surface area contributed by atoms with Gasteiger partial charge in [-0.2, -0.15) is 13.2 Å². The Morgan fingerprint density at radius 2 is 1.88 bits per heavy atom. The maximum absolute atomic E-state index is 13.7. The fourth-order valence-electron chi connectivity index (χ4n) is 3.34. The monoisotopic (exact) mass is 478 g/mol. The molecule has 0 saturated carbocycles. The van der Waals surface area contributed by atoms with Crippen LogP contribution >= 0.6 is 11.8 Å². The predicted octanol–water partition coefficient (Wildman–Crippen LogP) is 3.88. The van der Waals surface area contributed by atoms with Gasteiger partial charge in [0.2, 0.25) is 5.91 Å². The van der Waals surface area contributed by atoms with Crippen molar-refractivity contribution in [2.24, 2.45) is 0 Å². The zero-order valence-corrected chi connectivity index (χ0v) is 17.7. The molecule has 172 valence electrons. The maximum atomic E-state index is 13.7. The van der Waals surface area contributed by atoms with E-state index in [1.165, 1.54) is 12.1 Å². The van der Waals surface area contributed by atoms with E-state index in [-0.39, 0.29) is 34.8 Å². The Bertz CT molecular complexity index is 1130. The van der Waals surface area contributed by atoms with Crippen LogP contribution in [0.4, 0.5) is 18.0 Å². The van der Waals surface area contributed by atoms with Gasteiger partial charge in [-0.05, 0) is 59.7 Å². The summed E-state index contributed by atoms with van der Waals surface area (Å²) in [5.74, 6) is -1.04. The Labute approximate surface area is 190 Å². The van der Waals surface area contributed by atoms with Crippen LogP contribution in [0, 0.1) is 0 Å². The molecule has 2 aliphatic heterocycles. The first-order valence-corrected chi connectivity index (χ1v) is 10.6. The quantitative estimate of drug-likeness (QED) is 0.634. The smallest absolute Gasteiger partial charge is 0.420 e. The molecule has 0 radical (unpaired) electrons. The van der Waals surface area contributed by atoms with Gasteiger partial charge in [-0.25, -0.2) is 0 Å². The molecule has 7 nitrogen and oxygen atoms in total. The summed E-state index contributed by atoms with van der Waals surface area (Å²) in [7, 11) is 0. The average Bonchev–Trinajstić information content (AvgIpc) is 3.06. The number of alkyl halides is 3. The Hall–Kier alpha value is -3.31. The summed E-state index contributed by atoms with van der Waals surface area (Å²) in [4.78, 5) is 34.3. The minimum absolute atomic E-state index is 0.0111. The molecule has 4 rings (SSSR count). The zero-order valence-electron chi connectivity index (χ0n) is 16.9. The highest BCUT2D eigenvalue weighted by molar-refractivity contribution is 8.18. The van der Waals surface area contributed by atoms with E-state index in [0.717, 1.165) is 17.7 Å². The highest BCUT2D eigenvalue weighted by Crippen LogP contribution is 2.39. The fourth-order valence-corrected chi connectivity index (χ4v) is 4.02. The number of benzene rings is 2. The van der Waals surface area contributed by atoms with E-state index in [2.05, 4.69) is 10.6 Å². The van der Waals surface area contributed by atoms with Crippen molar-refractivity contribution in [1.82, 2.24) is 10.6 Å². The second-order valence-electron chi connectivity index (χ2n) is 7.34. The van der Waals surface area contributed by atoms with Gasteiger partial charge in [-0.1, -0.05) is 18.2 Å². The lowest BCUT2D eigenvalue weighted by atomic mass is 10.1. The highest BCUT2D eigenvalue weighted by Gasteiger charge is 2.35. The number of nitrogens with one attached hydrogen (secondary N) is 2. The SMILES string of the molecule is O=C1COCC(Cc2ccc(Oc3ccc(/C=C4\SC(=O)NC4=O)cc3C(F)(F)F)cc2)N1. The van der Waals surface area contributed by atoms with Gasteiger partial charge in [-0.15, -0.1) is 0 Å². The van der Waals surface area contributed by atoms with Gasteiger partial charge in [0.25, 0.3) is 11.1 Å². The summed E-state index contributed by atoms with van der Waals surface area (Å²) in [5, 5.41) is 4.28. The Balaban J connectivity index is 1.51. The standard InChI is InChI=1S/C22H17F3N2O5S/c23-22(24,25)16-8-13(9-18-20(29)27-21(30)33-18)3-6-17(16)32-15-4-1-12(2-5-15)7-14-10-31-11-19(28)26-14/h1-6,8-9,14H,7,10-11H2,(H,26,28)(H,27,29,30)/b18-9-. The van der Waals surface area contributed by atoms with Gasteiger partial charge in [0.15, 0.2) is 0 Å². The lowest BCUT2D eigenvalue weighted by molar-refractivity contribution is -0.138. The summed E-state index contributed by atoms with van der Waals surface area (Å²) in [5.41, 5.74) is -0.0510. The third kappa shape index (κ3) is 5.74. The van der Waals surface area contributed by atoms with Gasteiger partial charge in [-0.3, -0.25) is 19.7 Å². The third-order valence-electron chi connectivity index (χ3n) is 4.80. The molecule has 0 aliphatic carbocycles. The average molecular weight is 478 g/mol. The van der Waals surface area contributed by atoms with Crippen molar-refractivity contribution >= 4 is 34.9 Å². The number of hydrogen-bond acceptors (Lipinski definition) is 6. The Kier molecular flexibility index (Phi) is 6.43. The van der Waals surface area contributed by atoms with Gasteiger partial charge in [0.1, 0.15) is 18.1 Å². The topological polar surface area (TPSA) is 93.7 Å². The van der Waals surface area contributed by atoms with E-state index >= 15 is 0 Å². The molecule has 2 heterocycles. The number of carbonyl (C=O) groups excluding carboxylic acids is 3. The van der Waals surface area contributed by atoms with E-state index in [9.17, 15) is 27.6 Å². The molecule has 0 aromatic heterocycles. The summed E-state index contributed by atoms with van der Waals surface area (Å²) < 4.78 is 51.6. The number of thioether (sulfide) groups is 1. The van der Waals surface area contributed by atoms with E-state index in [0.29, 0.717) is 24.8 Å². The molecule has 0 bridgehead atoms. The number of halogens is 3. The van der Waals surface area contributed by atoms with Crippen molar-refractivity contribution in [2.45, 2.75) is 18.6 Å². The van der Waals surface area contributed by atoms with Crippen molar-refractivity contribution in [3.8, 4) is 11.5 Å². The van der Waals surface area contributed by atoms with Gasteiger partial charge in [0.05, 0.1) is 23.1 Å². The van der Waals surface area contributed by atoms with E-state index < -0.39 is 28.6 Å². The predicted molar refractivity (Wildman–Crippen MR) is 114 cm³/mol. The van der Waals surface area contributed by atoms with Gasteiger partial charge < -0.3 is 14.8 Å². The molecule has 3 amide bonds. The van der Waals surface area contributed by atoms with E-state index in [1.807, 2.05) is 0 Å². The molecule has 1 atom stereocenters. The maximum Gasteiger partial charge on any atom is 0.420 e. The Morgan fingerprint density at radius 3 is 2.52 bits per heavy atom. The minimum atomic E-state index is -4.70. The van der Waals surface area contributed by atoms with Crippen molar-refractivity contribution < 1.29 is 37.0 Å². The molecular weight excluding hydrogens is 461 g/mol. The first-order valence-electron chi connectivity index (χ1n) is 9.77. The molecule has 0 spiro atoms. The molecule has 2 aromatic rings. The third-order valence-corrected chi connectivity index (χ3v) is 5.61. The van der Waals surface area contributed by atoms with Crippen LogP contribution in [0.1, 0.15) is 16.7 Å². The van der Waals surface area contributed by atoms with Crippen molar-refractivity contribution in [3.63, 3.8) is 0 Å². The molecule has 2 fully saturated rings. The Morgan fingerprint density at radius 1 is 1.12 bits per heavy atom. The number of rotatable bonds is 5. The second-order valence-corrected chi connectivity index (χ2v) is 8.35. The molecule has 2 aliphatic rings. The lowest BCUT2D eigenvalue weighted by Crippen LogP contribution is -2.46. The first-order chi connectivity index (χ1) is 15.7. The molecule has 11 heteroatoms. The molecule has 2 aromatic carbocycles. The number of carbonyl (C=O) groups is 3. The lowest BCUT2D eigenvalue weighted by Gasteiger charge is -2.23. The first kappa shape index (κ1) is 22.9. The number of ether oxygens (including phenoxy) is 2. The number of hydrogen-bond donors (Lipinski definition) is 2. The summed E-state index contributed by atoms with van der Waals surface area (Å²) in [6.45, 7) is 0.417. The van der Waals surface area contributed by atoms with Crippen LogP contribution in [0.3, 0.4) is 0 Å². The minimum Gasteiger partial charge on any atom is -0.457 e. The second kappa shape index (κ2) is 9.28. The zero-order chi connectivity index (χ0) is 23.6. The normalized spacial score (nSPS) is 20.0. The molecular formula is C22H17F3N2O5S. The van der Waals surface area contributed by atoms with Gasteiger partial charge >= 0.3 is 6.18 Å². The molecule has 1 unspecified atom stereocenters. The fraction of sp³-hybridized carbons (Fsp3) is 0.227. The summed E-state index contributed by atoms with van der Waals surface area (Å²) >= 11 is 0.620. The molecule has 2 N–H and O–H groups in total. The van der Waals surface area contributed by atoms with Crippen LogP contribution in [0.5, 0.6) is 11.5 Å². The van der Waals surface area contributed by atoms with Crippen LogP contribution in [-0.2, 0) is 26.9 Å². The summed E-state index contributed by atoms with van der Waals surface area (Å²) in [6.07, 6.45) is -2.98. The molecule has 2 saturated heterocycles. The van der Waals surface area contributed by atoms with Crippen molar-refractivity contribution in [2.75, 3.05) is 13.2 Å². The van der Waals surface area contributed by atoms with E-state index in [4.69, 9.17) is 9.47 Å². The van der Waals surface area contributed by atoms with Crippen LogP contribution in [-0.4, -0.2) is 36.3 Å². The van der Waals surface area contributed by atoms with Crippen LogP contribution in [0.25, 0.3) is 6.08 Å². The highest BCUT2D eigenvalue weighted by atomic mass is 32.2. The number of imide groups is 1. The van der Waals surface area contributed by atoms with Crippen LogP contribution < -0.4 is 15.4 Å². The van der Waals surface area contributed by atoms with Crippen LogP contribution in [0.15, 0.2) is 47.4 Å². The van der Waals surface area contributed by atoms with E-state index in [1.54, 1.807) is 24.3 Å². The van der Waals surface area contributed by atoms with Crippen LogP contribution in [0.2, 0.25) is 0 Å².